The lowest BCUT2D eigenvalue weighted by molar-refractivity contribution is 0.475. The molecule has 4 aromatic rings. The Morgan fingerprint density at radius 2 is 2.10 bits per heavy atom. The number of rotatable bonds is 9. The smallest absolute Gasteiger partial charge is 0.175 e. The highest BCUT2D eigenvalue weighted by Gasteiger charge is 2.13. The minimum Gasteiger partial charge on any atom is -0.508 e. The first-order valence-corrected chi connectivity index (χ1v) is 10.9. The van der Waals surface area contributed by atoms with Gasteiger partial charge in [-0.25, -0.2) is 10.1 Å². The second-order valence-corrected chi connectivity index (χ2v) is 8.16. The van der Waals surface area contributed by atoms with Crippen molar-refractivity contribution in [3.05, 3.63) is 75.8 Å². The number of H-pyrrole nitrogens is 1. The number of phenolic OH excluding ortho intramolecular Hbond substituents is 1. The molecular weight excluding hydrogens is 396 g/mol. The van der Waals surface area contributed by atoms with E-state index in [0.29, 0.717) is 12.4 Å². The number of tetrazole rings is 1. The Hall–Kier alpha value is -3.26. The predicted octanol–water partition coefficient (Wildman–Crippen LogP) is 4.34. The van der Waals surface area contributed by atoms with Gasteiger partial charge in [-0.1, -0.05) is 31.5 Å². The summed E-state index contributed by atoms with van der Waals surface area (Å²) in [5, 5.41) is 26.2. The number of hydrogen-bond donors (Lipinski definition) is 2. The normalized spacial score (nSPS) is 11.8. The van der Waals surface area contributed by atoms with Gasteiger partial charge in [0.1, 0.15) is 11.6 Å². The molecular formula is C22H24N6OS. The minimum atomic E-state index is 0.270. The number of allylic oxidation sites excluding steroid dienone is 1. The molecule has 3 heterocycles. The standard InChI is InChI=1S/C22H24N6OS/c1-2-3-6-21-23-14-18(28(21)15-16-7-9-19(29)10-8-16)12-17(22-24-26-27-25-22)13-20-5-4-11-30-20/h4-5,7-12,14,29H,2-3,6,13,15H2,1H3,(H,24,25,26,27). The quantitative estimate of drug-likeness (QED) is 0.420. The number of hydrogen-bond acceptors (Lipinski definition) is 6. The van der Waals surface area contributed by atoms with E-state index in [-0.39, 0.29) is 5.75 Å². The fraction of sp³-hybridized carbons (Fsp3) is 0.273. The third-order valence-electron chi connectivity index (χ3n) is 4.92. The molecule has 0 unspecified atom stereocenters. The van der Waals surface area contributed by atoms with Crippen LogP contribution in [0.5, 0.6) is 5.75 Å². The maximum Gasteiger partial charge on any atom is 0.175 e. The van der Waals surface area contributed by atoms with E-state index in [1.807, 2.05) is 24.4 Å². The summed E-state index contributed by atoms with van der Waals surface area (Å²) in [6, 6.07) is 11.5. The van der Waals surface area contributed by atoms with E-state index >= 15 is 0 Å². The number of phenols is 1. The number of unbranched alkanes of at least 4 members (excludes halogenated alkanes) is 1. The molecule has 4 rings (SSSR count). The first-order chi connectivity index (χ1) is 14.7. The molecule has 1 aromatic carbocycles. The summed E-state index contributed by atoms with van der Waals surface area (Å²) in [4.78, 5) is 5.95. The van der Waals surface area contributed by atoms with Crippen LogP contribution in [0.1, 0.15) is 47.5 Å². The van der Waals surface area contributed by atoms with Crippen molar-refractivity contribution in [2.24, 2.45) is 0 Å². The zero-order valence-electron chi connectivity index (χ0n) is 16.8. The van der Waals surface area contributed by atoms with Gasteiger partial charge in [-0.05, 0) is 52.1 Å². The summed E-state index contributed by atoms with van der Waals surface area (Å²) in [6.45, 7) is 2.87. The van der Waals surface area contributed by atoms with Crippen LogP contribution in [-0.4, -0.2) is 35.3 Å². The van der Waals surface area contributed by atoms with Gasteiger partial charge in [0.05, 0.1) is 11.9 Å². The van der Waals surface area contributed by atoms with E-state index in [2.05, 4.69) is 49.6 Å². The second-order valence-electron chi connectivity index (χ2n) is 7.13. The summed E-state index contributed by atoms with van der Waals surface area (Å²) in [5.74, 6) is 1.99. The van der Waals surface area contributed by atoms with Gasteiger partial charge in [-0.2, -0.15) is 0 Å². The Balaban J connectivity index is 1.71. The fourth-order valence-corrected chi connectivity index (χ4v) is 4.05. The van der Waals surface area contributed by atoms with Crippen LogP contribution in [0, 0.1) is 0 Å². The molecule has 8 heteroatoms. The molecule has 0 saturated heterocycles. The number of aromatic nitrogens is 6. The number of benzene rings is 1. The molecule has 0 bridgehead atoms. The van der Waals surface area contributed by atoms with Crippen molar-refractivity contribution in [1.82, 2.24) is 30.2 Å². The molecule has 3 aromatic heterocycles. The van der Waals surface area contributed by atoms with E-state index < -0.39 is 0 Å². The molecule has 0 aliphatic rings. The summed E-state index contributed by atoms with van der Waals surface area (Å²) < 4.78 is 2.24. The average molecular weight is 421 g/mol. The van der Waals surface area contributed by atoms with Gasteiger partial charge in [0.15, 0.2) is 5.82 Å². The molecule has 0 spiro atoms. The van der Waals surface area contributed by atoms with Crippen molar-refractivity contribution in [3.63, 3.8) is 0 Å². The van der Waals surface area contributed by atoms with Crippen LogP contribution in [-0.2, 0) is 19.4 Å². The third-order valence-corrected chi connectivity index (χ3v) is 5.79. The number of nitrogens with zero attached hydrogens (tertiary/aromatic N) is 5. The third kappa shape index (κ3) is 4.83. The molecule has 2 N–H and O–H groups in total. The maximum atomic E-state index is 9.61. The van der Waals surface area contributed by atoms with E-state index in [1.54, 1.807) is 23.5 Å². The summed E-state index contributed by atoms with van der Waals surface area (Å²) in [7, 11) is 0. The minimum absolute atomic E-state index is 0.270. The van der Waals surface area contributed by atoms with Crippen LogP contribution in [0.4, 0.5) is 0 Å². The topological polar surface area (TPSA) is 92.5 Å². The van der Waals surface area contributed by atoms with Gasteiger partial charge in [0, 0.05) is 29.8 Å². The van der Waals surface area contributed by atoms with Gasteiger partial charge in [0.25, 0.3) is 0 Å². The van der Waals surface area contributed by atoms with Crippen LogP contribution in [0.3, 0.4) is 0 Å². The van der Waals surface area contributed by atoms with Gasteiger partial charge < -0.3 is 9.67 Å². The monoisotopic (exact) mass is 420 g/mol. The lowest BCUT2D eigenvalue weighted by Gasteiger charge is -2.12. The largest absolute Gasteiger partial charge is 0.508 e. The number of aromatic hydroxyl groups is 1. The van der Waals surface area contributed by atoms with Crippen molar-refractivity contribution in [2.45, 2.75) is 39.2 Å². The van der Waals surface area contributed by atoms with E-state index in [1.165, 1.54) is 4.88 Å². The molecule has 0 aliphatic carbocycles. The molecule has 7 nitrogen and oxygen atoms in total. The van der Waals surface area contributed by atoms with Crippen LogP contribution >= 0.6 is 11.3 Å². The van der Waals surface area contributed by atoms with Gasteiger partial charge in [-0.15, -0.1) is 16.4 Å². The van der Waals surface area contributed by atoms with Crippen LogP contribution in [0.25, 0.3) is 11.6 Å². The lowest BCUT2D eigenvalue weighted by atomic mass is 10.1. The summed E-state index contributed by atoms with van der Waals surface area (Å²) in [5.41, 5.74) is 3.13. The van der Waals surface area contributed by atoms with Crippen molar-refractivity contribution in [2.75, 3.05) is 0 Å². The van der Waals surface area contributed by atoms with Gasteiger partial charge in [0.2, 0.25) is 0 Å². The van der Waals surface area contributed by atoms with Gasteiger partial charge in [-0.3, -0.25) is 0 Å². The Kier molecular flexibility index (Phi) is 6.34. The lowest BCUT2D eigenvalue weighted by Crippen LogP contribution is -2.07. The number of thiophene rings is 1. The Bertz CT molecular complexity index is 1080. The SMILES string of the molecule is CCCCc1ncc(C=C(Cc2cccs2)c2nnn[nH]2)n1Cc1ccc(O)cc1. The molecule has 0 aliphatic heterocycles. The zero-order chi connectivity index (χ0) is 20.8. The number of aromatic amines is 1. The molecule has 0 saturated carbocycles. The van der Waals surface area contributed by atoms with E-state index in [4.69, 9.17) is 4.98 Å². The van der Waals surface area contributed by atoms with Crippen LogP contribution in [0.2, 0.25) is 0 Å². The molecule has 0 radical (unpaired) electrons. The highest BCUT2D eigenvalue weighted by Crippen LogP contribution is 2.24. The zero-order valence-corrected chi connectivity index (χ0v) is 17.6. The molecule has 30 heavy (non-hydrogen) atoms. The van der Waals surface area contributed by atoms with Crippen molar-refractivity contribution >= 4 is 23.0 Å². The number of imidazole rings is 1. The number of nitrogens with one attached hydrogen (secondary N) is 1. The van der Waals surface area contributed by atoms with E-state index in [9.17, 15) is 5.11 Å². The van der Waals surface area contributed by atoms with Crippen LogP contribution < -0.4 is 0 Å². The highest BCUT2D eigenvalue weighted by molar-refractivity contribution is 7.10. The molecule has 0 fully saturated rings. The second kappa shape index (κ2) is 9.49. The predicted molar refractivity (Wildman–Crippen MR) is 118 cm³/mol. The van der Waals surface area contributed by atoms with Crippen molar-refractivity contribution in [3.8, 4) is 5.75 Å². The average Bonchev–Trinajstić information content (AvgIpc) is 3.51. The summed E-state index contributed by atoms with van der Waals surface area (Å²) in [6.07, 6.45) is 7.90. The first kappa shape index (κ1) is 20.0. The Labute approximate surface area is 179 Å². The Morgan fingerprint density at radius 1 is 1.23 bits per heavy atom. The first-order valence-electron chi connectivity index (χ1n) is 10.0. The Morgan fingerprint density at radius 3 is 2.80 bits per heavy atom. The van der Waals surface area contributed by atoms with Crippen LogP contribution in [0.15, 0.2) is 48.0 Å². The van der Waals surface area contributed by atoms with Crippen molar-refractivity contribution in [1.29, 1.82) is 0 Å². The maximum absolute atomic E-state index is 9.61. The summed E-state index contributed by atoms with van der Waals surface area (Å²) >= 11 is 1.71. The molecule has 0 amide bonds. The highest BCUT2D eigenvalue weighted by atomic mass is 32.1. The fourth-order valence-electron chi connectivity index (χ4n) is 3.32. The van der Waals surface area contributed by atoms with E-state index in [0.717, 1.165) is 48.3 Å². The molecule has 154 valence electrons. The number of aryl methyl sites for hydroxylation is 1. The van der Waals surface area contributed by atoms with Crippen molar-refractivity contribution < 1.29 is 5.11 Å². The molecule has 0 atom stereocenters. The van der Waals surface area contributed by atoms with Gasteiger partial charge >= 0.3 is 0 Å².